The molecule has 0 saturated heterocycles. The summed E-state index contributed by atoms with van der Waals surface area (Å²) in [5.74, 6) is 1.48. The van der Waals surface area contributed by atoms with E-state index in [1.54, 1.807) is 0 Å². The minimum atomic E-state index is 0.497. The van der Waals surface area contributed by atoms with Crippen LogP contribution in [-0.2, 0) is 19.7 Å². The normalized spacial score (nSPS) is 10.7. The van der Waals surface area contributed by atoms with E-state index in [0.717, 1.165) is 37.7 Å². The number of ether oxygens (including phenoxy) is 2. The van der Waals surface area contributed by atoms with Gasteiger partial charge in [0.2, 0.25) is 0 Å². The Morgan fingerprint density at radius 3 is 2.29 bits per heavy atom. The molecule has 3 nitrogen and oxygen atoms in total. The molecule has 3 aromatic rings. The van der Waals surface area contributed by atoms with Crippen LogP contribution in [0.15, 0.2) is 71.2 Å². The van der Waals surface area contributed by atoms with Crippen LogP contribution >= 0.6 is 27.5 Å². The lowest BCUT2D eigenvalue weighted by Gasteiger charge is -2.16. The van der Waals surface area contributed by atoms with Crippen molar-refractivity contribution in [3.63, 3.8) is 0 Å². The molecule has 0 amide bonds. The monoisotopic (exact) mass is 459 g/mol. The van der Waals surface area contributed by atoms with Crippen molar-refractivity contribution in [3.05, 3.63) is 92.9 Å². The van der Waals surface area contributed by atoms with Gasteiger partial charge in [0.15, 0.2) is 11.5 Å². The first-order valence-electron chi connectivity index (χ1n) is 9.23. The largest absolute Gasteiger partial charge is 0.490 e. The summed E-state index contributed by atoms with van der Waals surface area (Å²) in [6.07, 6.45) is 0. The predicted octanol–water partition coefficient (Wildman–Crippen LogP) is 6.37. The second-order valence-corrected chi connectivity index (χ2v) is 7.55. The molecule has 5 heteroatoms. The van der Waals surface area contributed by atoms with Crippen LogP contribution in [-0.4, -0.2) is 6.61 Å². The molecule has 0 aliphatic rings. The molecule has 3 rings (SSSR count). The van der Waals surface area contributed by atoms with Gasteiger partial charge in [-0.2, -0.15) is 0 Å². The summed E-state index contributed by atoms with van der Waals surface area (Å²) in [7, 11) is 0. The van der Waals surface area contributed by atoms with Crippen molar-refractivity contribution < 1.29 is 9.47 Å². The molecule has 0 fully saturated rings. The summed E-state index contributed by atoms with van der Waals surface area (Å²) < 4.78 is 12.8. The van der Waals surface area contributed by atoms with Gasteiger partial charge in [0.1, 0.15) is 6.61 Å². The van der Waals surface area contributed by atoms with Crippen LogP contribution in [0.25, 0.3) is 0 Å². The number of nitrogens with one attached hydrogen (secondary N) is 1. The zero-order valence-electron chi connectivity index (χ0n) is 15.8. The molecule has 0 spiro atoms. The molecular weight excluding hydrogens is 438 g/mol. The van der Waals surface area contributed by atoms with Gasteiger partial charge in [-0.1, -0.05) is 76.1 Å². The maximum atomic E-state index is 6.22. The number of hydrogen-bond donors (Lipinski definition) is 1. The smallest absolute Gasteiger partial charge is 0.162 e. The summed E-state index contributed by atoms with van der Waals surface area (Å²) >= 11 is 9.88. The molecule has 146 valence electrons. The van der Waals surface area contributed by atoms with Gasteiger partial charge in [0.25, 0.3) is 0 Å². The maximum Gasteiger partial charge on any atom is 0.162 e. The molecule has 0 aromatic heterocycles. The van der Waals surface area contributed by atoms with Crippen LogP contribution in [0.1, 0.15) is 23.6 Å². The molecule has 0 unspecified atom stereocenters. The van der Waals surface area contributed by atoms with Gasteiger partial charge in [-0.3, -0.25) is 0 Å². The Kier molecular flexibility index (Phi) is 7.78. The van der Waals surface area contributed by atoms with Crippen LogP contribution in [0, 0.1) is 0 Å². The summed E-state index contributed by atoms with van der Waals surface area (Å²) in [4.78, 5) is 0. The Labute approximate surface area is 179 Å². The van der Waals surface area contributed by atoms with Gasteiger partial charge in [0.05, 0.1) is 6.61 Å². The lowest BCUT2D eigenvalue weighted by molar-refractivity contribution is 0.269. The fraction of sp³-hybridized carbons (Fsp3) is 0.217. The van der Waals surface area contributed by atoms with E-state index in [-0.39, 0.29) is 0 Å². The van der Waals surface area contributed by atoms with Gasteiger partial charge in [0, 0.05) is 22.6 Å². The van der Waals surface area contributed by atoms with E-state index in [0.29, 0.717) is 26.3 Å². The maximum absolute atomic E-state index is 6.22. The van der Waals surface area contributed by atoms with Crippen molar-refractivity contribution in [1.82, 2.24) is 5.32 Å². The zero-order valence-corrected chi connectivity index (χ0v) is 18.1. The van der Waals surface area contributed by atoms with E-state index >= 15 is 0 Å². The number of halogens is 2. The average Bonchev–Trinajstić information content (AvgIpc) is 2.71. The molecule has 3 aromatic carbocycles. The van der Waals surface area contributed by atoms with Crippen molar-refractivity contribution in [2.24, 2.45) is 0 Å². The zero-order chi connectivity index (χ0) is 19.8. The Morgan fingerprint density at radius 2 is 1.54 bits per heavy atom. The Hall–Kier alpha value is -2.01. The first kappa shape index (κ1) is 20.7. The molecular formula is C23H23BrClNO2. The van der Waals surface area contributed by atoms with E-state index in [2.05, 4.69) is 21.2 Å². The molecule has 0 heterocycles. The lowest BCUT2D eigenvalue weighted by Crippen LogP contribution is -2.13. The minimum absolute atomic E-state index is 0.497. The van der Waals surface area contributed by atoms with E-state index in [1.807, 2.05) is 73.7 Å². The fourth-order valence-corrected chi connectivity index (χ4v) is 3.47. The van der Waals surface area contributed by atoms with Crippen LogP contribution in [0.2, 0.25) is 5.02 Å². The highest BCUT2D eigenvalue weighted by Crippen LogP contribution is 2.34. The van der Waals surface area contributed by atoms with Crippen LogP contribution in [0.3, 0.4) is 0 Å². The third-order valence-electron chi connectivity index (χ3n) is 4.24. The quantitative estimate of drug-likeness (QED) is 0.402. The van der Waals surface area contributed by atoms with Crippen molar-refractivity contribution >= 4 is 27.5 Å². The lowest BCUT2D eigenvalue weighted by atomic mass is 10.1. The van der Waals surface area contributed by atoms with E-state index in [1.165, 1.54) is 0 Å². The van der Waals surface area contributed by atoms with E-state index in [9.17, 15) is 0 Å². The van der Waals surface area contributed by atoms with Crippen molar-refractivity contribution in [2.45, 2.75) is 26.6 Å². The van der Waals surface area contributed by atoms with Gasteiger partial charge < -0.3 is 14.8 Å². The van der Waals surface area contributed by atoms with Gasteiger partial charge in [-0.25, -0.2) is 0 Å². The summed E-state index contributed by atoms with van der Waals surface area (Å²) in [5.41, 5.74) is 3.29. The fourth-order valence-electron chi connectivity index (χ4n) is 2.80. The second-order valence-electron chi connectivity index (χ2n) is 6.29. The van der Waals surface area contributed by atoms with Gasteiger partial charge in [-0.05, 0) is 41.8 Å². The highest BCUT2D eigenvalue weighted by atomic mass is 79.9. The number of hydrogen-bond acceptors (Lipinski definition) is 3. The SMILES string of the molecule is CCOc1cc(CNCc2ccccc2Cl)c(Br)cc1OCc1ccccc1. The number of rotatable bonds is 9. The standard InChI is InChI=1S/C23H23BrClNO2/c1-2-27-22-12-19(15-26-14-18-10-6-7-11-21(18)25)20(24)13-23(22)28-16-17-8-4-3-5-9-17/h3-13,26H,2,14-16H2,1H3. The molecule has 28 heavy (non-hydrogen) atoms. The molecule has 0 aliphatic carbocycles. The molecule has 0 bridgehead atoms. The van der Waals surface area contributed by atoms with Gasteiger partial charge in [-0.15, -0.1) is 0 Å². The highest BCUT2D eigenvalue weighted by Gasteiger charge is 2.11. The topological polar surface area (TPSA) is 30.5 Å². The molecule has 0 saturated carbocycles. The number of benzene rings is 3. The molecule has 1 N–H and O–H groups in total. The van der Waals surface area contributed by atoms with Crippen LogP contribution in [0.4, 0.5) is 0 Å². The summed E-state index contributed by atoms with van der Waals surface area (Å²) in [5, 5.41) is 4.21. The Bertz CT molecular complexity index is 902. The van der Waals surface area contributed by atoms with Crippen molar-refractivity contribution in [3.8, 4) is 11.5 Å². The first-order chi connectivity index (χ1) is 13.7. The average molecular weight is 461 g/mol. The Balaban J connectivity index is 1.68. The van der Waals surface area contributed by atoms with Gasteiger partial charge >= 0.3 is 0 Å². The second kappa shape index (κ2) is 10.5. The first-order valence-corrected chi connectivity index (χ1v) is 10.4. The Morgan fingerprint density at radius 1 is 0.857 bits per heavy atom. The highest BCUT2D eigenvalue weighted by molar-refractivity contribution is 9.10. The van der Waals surface area contributed by atoms with Crippen molar-refractivity contribution in [2.75, 3.05) is 6.61 Å². The predicted molar refractivity (Wildman–Crippen MR) is 118 cm³/mol. The van der Waals surface area contributed by atoms with Crippen LogP contribution in [0.5, 0.6) is 11.5 Å². The minimum Gasteiger partial charge on any atom is -0.490 e. The molecule has 0 aliphatic heterocycles. The van der Waals surface area contributed by atoms with E-state index < -0.39 is 0 Å². The van der Waals surface area contributed by atoms with Crippen LogP contribution < -0.4 is 14.8 Å². The van der Waals surface area contributed by atoms with E-state index in [4.69, 9.17) is 21.1 Å². The molecule has 0 radical (unpaired) electrons. The summed E-state index contributed by atoms with van der Waals surface area (Å²) in [6.45, 7) is 4.43. The third-order valence-corrected chi connectivity index (χ3v) is 5.35. The summed E-state index contributed by atoms with van der Waals surface area (Å²) in [6, 6.07) is 21.9. The van der Waals surface area contributed by atoms with Crippen molar-refractivity contribution in [1.29, 1.82) is 0 Å². The molecule has 0 atom stereocenters. The third kappa shape index (κ3) is 5.74.